The Morgan fingerprint density at radius 3 is 2.46 bits per heavy atom. The number of anilines is 3. The zero-order chi connectivity index (χ0) is 16.8. The number of nitrogens with zero attached hydrogens (tertiary/aromatic N) is 4. The third kappa shape index (κ3) is 4.27. The smallest absolute Gasteiger partial charge is 0.157 e. The summed E-state index contributed by atoms with van der Waals surface area (Å²) in [6.45, 7) is 4.56. The van der Waals surface area contributed by atoms with E-state index in [1.165, 1.54) is 38.5 Å². The summed E-state index contributed by atoms with van der Waals surface area (Å²) < 4.78 is 0. The van der Waals surface area contributed by atoms with Gasteiger partial charge in [-0.15, -0.1) is 0 Å². The Bertz CT molecular complexity index is 510. The van der Waals surface area contributed by atoms with Crippen molar-refractivity contribution in [3.63, 3.8) is 0 Å². The molecule has 1 saturated carbocycles. The first kappa shape index (κ1) is 17.2. The summed E-state index contributed by atoms with van der Waals surface area (Å²) in [5.41, 5.74) is 7.05. The molecule has 2 fully saturated rings. The number of hydrogen-bond acceptors (Lipinski definition) is 7. The maximum absolute atomic E-state index is 9.05. The lowest BCUT2D eigenvalue weighted by Gasteiger charge is -2.35. The van der Waals surface area contributed by atoms with E-state index in [4.69, 9.17) is 10.8 Å². The second-order valence-electron chi connectivity index (χ2n) is 6.84. The maximum atomic E-state index is 9.05. The number of rotatable bonds is 5. The number of hydrogen-bond donors (Lipinski definition) is 3. The van der Waals surface area contributed by atoms with Gasteiger partial charge in [-0.2, -0.15) is 0 Å². The molecule has 0 amide bonds. The molecule has 0 radical (unpaired) electrons. The third-order valence-electron chi connectivity index (χ3n) is 5.15. The van der Waals surface area contributed by atoms with Crippen LogP contribution in [0.4, 0.5) is 17.3 Å². The predicted molar refractivity (Wildman–Crippen MR) is 97.3 cm³/mol. The van der Waals surface area contributed by atoms with Crippen molar-refractivity contribution in [2.24, 2.45) is 0 Å². The highest BCUT2D eigenvalue weighted by Gasteiger charge is 2.22. The lowest BCUT2D eigenvalue weighted by Crippen LogP contribution is -2.47. The van der Waals surface area contributed by atoms with Crippen LogP contribution in [0.15, 0.2) is 6.33 Å². The first-order valence-corrected chi connectivity index (χ1v) is 9.23. The number of β-amino-alcohol motifs (C(OH)–C–C–N with tert-alkyl or cyclic N) is 1. The average Bonchev–Trinajstić information content (AvgIpc) is 2.87. The van der Waals surface area contributed by atoms with E-state index >= 15 is 0 Å². The Morgan fingerprint density at radius 2 is 1.79 bits per heavy atom. The fourth-order valence-electron chi connectivity index (χ4n) is 3.70. The van der Waals surface area contributed by atoms with Gasteiger partial charge < -0.3 is 21.1 Å². The second-order valence-corrected chi connectivity index (χ2v) is 6.84. The van der Waals surface area contributed by atoms with Crippen LogP contribution in [0.5, 0.6) is 0 Å². The highest BCUT2D eigenvalue weighted by atomic mass is 16.3. The molecule has 1 aromatic rings. The second kappa shape index (κ2) is 8.48. The molecule has 0 spiro atoms. The van der Waals surface area contributed by atoms with E-state index in [2.05, 4.69) is 25.1 Å². The van der Waals surface area contributed by atoms with E-state index in [0.717, 1.165) is 44.4 Å². The number of nitrogens with two attached hydrogens (primary N) is 1. The molecule has 134 valence electrons. The highest BCUT2D eigenvalue weighted by Crippen LogP contribution is 2.29. The Labute approximate surface area is 144 Å². The van der Waals surface area contributed by atoms with Crippen LogP contribution in [-0.4, -0.2) is 65.3 Å². The van der Waals surface area contributed by atoms with Crippen LogP contribution in [-0.2, 0) is 0 Å². The van der Waals surface area contributed by atoms with Crippen LogP contribution in [0.3, 0.4) is 0 Å². The van der Waals surface area contributed by atoms with Gasteiger partial charge in [-0.25, -0.2) is 9.97 Å². The topological polar surface area (TPSA) is 90.5 Å². The summed E-state index contributed by atoms with van der Waals surface area (Å²) in [4.78, 5) is 13.3. The summed E-state index contributed by atoms with van der Waals surface area (Å²) in [5, 5.41) is 12.6. The van der Waals surface area contributed by atoms with Crippen molar-refractivity contribution in [2.45, 2.75) is 44.6 Å². The summed E-state index contributed by atoms with van der Waals surface area (Å²) in [6.07, 6.45) is 9.23. The fourth-order valence-corrected chi connectivity index (χ4v) is 3.70. The van der Waals surface area contributed by atoms with Crippen molar-refractivity contribution in [1.29, 1.82) is 0 Å². The summed E-state index contributed by atoms with van der Waals surface area (Å²) in [6, 6.07) is 0.471. The van der Waals surface area contributed by atoms with Gasteiger partial charge in [-0.1, -0.05) is 25.7 Å². The SMILES string of the molecule is Nc1c(NC2CCCCCC2)ncnc1N1CCN(CCO)CC1. The maximum Gasteiger partial charge on any atom is 0.157 e. The van der Waals surface area contributed by atoms with E-state index in [1.807, 2.05) is 0 Å². The quantitative estimate of drug-likeness (QED) is 0.699. The zero-order valence-electron chi connectivity index (χ0n) is 14.5. The highest BCUT2D eigenvalue weighted by molar-refractivity contribution is 5.75. The van der Waals surface area contributed by atoms with E-state index < -0.39 is 0 Å². The van der Waals surface area contributed by atoms with Crippen LogP contribution in [0.1, 0.15) is 38.5 Å². The van der Waals surface area contributed by atoms with Crippen molar-refractivity contribution in [3.8, 4) is 0 Å². The van der Waals surface area contributed by atoms with Crippen LogP contribution in [0.2, 0.25) is 0 Å². The van der Waals surface area contributed by atoms with Gasteiger partial charge in [-0.3, -0.25) is 4.90 Å². The Morgan fingerprint density at radius 1 is 1.08 bits per heavy atom. The predicted octanol–water partition coefficient (Wildman–Crippen LogP) is 1.31. The van der Waals surface area contributed by atoms with Crippen LogP contribution >= 0.6 is 0 Å². The molecule has 0 aromatic carbocycles. The fraction of sp³-hybridized carbons (Fsp3) is 0.765. The monoisotopic (exact) mass is 334 g/mol. The van der Waals surface area contributed by atoms with Gasteiger partial charge in [0.1, 0.15) is 12.0 Å². The number of aliphatic hydroxyl groups excluding tert-OH is 1. The van der Waals surface area contributed by atoms with Crippen molar-refractivity contribution < 1.29 is 5.11 Å². The van der Waals surface area contributed by atoms with E-state index in [-0.39, 0.29) is 6.61 Å². The molecule has 4 N–H and O–H groups in total. The van der Waals surface area contributed by atoms with E-state index in [9.17, 15) is 0 Å². The van der Waals surface area contributed by atoms with Crippen molar-refractivity contribution in [1.82, 2.24) is 14.9 Å². The molecule has 7 heteroatoms. The molecule has 24 heavy (non-hydrogen) atoms. The minimum absolute atomic E-state index is 0.213. The number of nitrogen functional groups attached to an aromatic ring is 1. The number of aromatic nitrogens is 2. The van der Waals surface area contributed by atoms with Gasteiger partial charge in [-0.05, 0) is 12.8 Å². The van der Waals surface area contributed by atoms with Crippen molar-refractivity contribution in [3.05, 3.63) is 6.33 Å². The van der Waals surface area contributed by atoms with Gasteiger partial charge in [0.15, 0.2) is 11.6 Å². The molecular weight excluding hydrogens is 304 g/mol. The van der Waals surface area contributed by atoms with Gasteiger partial charge in [0.25, 0.3) is 0 Å². The molecule has 0 bridgehead atoms. The average molecular weight is 334 g/mol. The van der Waals surface area contributed by atoms with Gasteiger partial charge in [0.05, 0.1) is 6.61 Å². The number of piperazine rings is 1. The molecule has 1 aliphatic heterocycles. The number of aliphatic hydroxyl groups is 1. The Hall–Kier alpha value is -1.60. The normalized spacial score (nSPS) is 20.8. The summed E-state index contributed by atoms with van der Waals surface area (Å²) >= 11 is 0. The molecule has 1 aliphatic carbocycles. The molecule has 2 aliphatic rings. The van der Waals surface area contributed by atoms with E-state index in [1.54, 1.807) is 6.33 Å². The molecule has 2 heterocycles. The third-order valence-corrected chi connectivity index (χ3v) is 5.15. The van der Waals surface area contributed by atoms with Crippen molar-refractivity contribution >= 4 is 17.3 Å². The molecular formula is C17H30N6O. The summed E-state index contributed by atoms with van der Waals surface area (Å²) in [7, 11) is 0. The van der Waals surface area contributed by atoms with Gasteiger partial charge in [0.2, 0.25) is 0 Å². The first-order valence-electron chi connectivity index (χ1n) is 9.23. The molecule has 1 aromatic heterocycles. The van der Waals surface area contributed by atoms with Gasteiger partial charge >= 0.3 is 0 Å². The lowest BCUT2D eigenvalue weighted by atomic mass is 10.1. The zero-order valence-corrected chi connectivity index (χ0v) is 14.5. The lowest BCUT2D eigenvalue weighted by molar-refractivity contribution is 0.188. The number of nitrogens with one attached hydrogen (secondary N) is 1. The van der Waals surface area contributed by atoms with Crippen LogP contribution in [0, 0.1) is 0 Å². The molecule has 1 saturated heterocycles. The first-order chi connectivity index (χ1) is 11.8. The molecule has 0 unspecified atom stereocenters. The Balaban J connectivity index is 1.65. The van der Waals surface area contributed by atoms with Gasteiger partial charge in [0, 0.05) is 38.8 Å². The van der Waals surface area contributed by atoms with Crippen LogP contribution in [0.25, 0.3) is 0 Å². The van der Waals surface area contributed by atoms with Crippen molar-refractivity contribution in [2.75, 3.05) is 55.3 Å². The van der Waals surface area contributed by atoms with Crippen LogP contribution < -0.4 is 16.0 Å². The minimum atomic E-state index is 0.213. The summed E-state index contributed by atoms with van der Waals surface area (Å²) in [5.74, 6) is 1.62. The molecule has 3 rings (SSSR count). The Kier molecular flexibility index (Phi) is 6.09. The standard InChI is InChI=1S/C17H30N6O/c18-15-16(21-14-5-3-1-2-4-6-14)19-13-20-17(15)23-9-7-22(8-10-23)11-12-24/h13-14,24H,1-12,18H2,(H,19,20,21). The van der Waals surface area contributed by atoms with E-state index in [0.29, 0.717) is 11.7 Å². The molecule has 0 atom stereocenters. The minimum Gasteiger partial charge on any atom is -0.395 e. The molecule has 7 nitrogen and oxygen atoms in total. The largest absolute Gasteiger partial charge is 0.395 e.